The maximum Gasteiger partial charge on any atom is 0.276 e. The number of hydrogen-bond acceptors (Lipinski definition) is 5. The number of carbonyl (C=O) groups excluding carboxylic acids is 1. The van der Waals surface area contributed by atoms with Crippen LogP contribution in [0.15, 0.2) is 59.7 Å². The number of rotatable bonds is 3. The Morgan fingerprint density at radius 3 is 2.53 bits per heavy atom. The van der Waals surface area contributed by atoms with Gasteiger partial charge in [-0.1, -0.05) is 18.2 Å². The summed E-state index contributed by atoms with van der Waals surface area (Å²) in [4.78, 5) is 32.7. The lowest BCUT2D eigenvalue weighted by Crippen LogP contribution is -2.33. The number of aromatic amines is 1. The zero-order valence-electron chi connectivity index (χ0n) is 17.7. The average Bonchev–Trinajstić information content (AvgIpc) is 3.56. The molecule has 1 N–H and O–H groups in total. The number of fused-ring (bicyclic) bond motifs is 2. The zero-order valence-corrected chi connectivity index (χ0v) is 17.7. The molecule has 9 nitrogen and oxygen atoms in total. The Labute approximate surface area is 183 Å². The number of para-hydroxylation sites is 1. The van der Waals surface area contributed by atoms with Crippen molar-refractivity contribution in [2.45, 2.75) is 6.92 Å². The van der Waals surface area contributed by atoms with E-state index in [1.165, 1.54) is 14.9 Å². The summed E-state index contributed by atoms with van der Waals surface area (Å²) in [6.07, 6.45) is 3.28. The second-order valence-electron chi connectivity index (χ2n) is 8.64. The van der Waals surface area contributed by atoms with Crippen LogP contribution in [0.5, 0.6) is 0 Å². The molecule has 2 fully saturated rings. The number of benzene rings is 1. The van der Waals surface area contributed by atoms with Gasteiger partial charge in [-0.15, -0.1) is 5.10 Å². The number of nitrogens with zero attached hydrogens (tertiary/aromatic N) is 6. The Kier molecular flexibility index (Phi) is 4.17. The smallest absolute Gasteiger partial charge is 0.276 e. The minimum atomic E-state index is -0.252. The second-order valence-corrected chi connectivity index (χ2v) is 8.64. The molecule has 6 rings (SSSR count). The summed E-state index contributed by atoms with van der Waals surface area (Å²) in [7, 11) is 0. The van der Waals surface area contributed by atoms with E-state index in [1.54, 1.807) is 24.5 Å². The van der Waals surface area contributed by atoms with Gasteiger partial charge < -0.3 is 9.80 Å². The summed E-state index contributed by atoms with van der Waals surface area (Å²) in [6.45, 7) is 5.27. The fourth-order valence-corrected chi connectivity index (χ4v) is 5.04. The van der Waals surface area contributed by atoms with E-state index in [-0.39, 0.29) is 17.4 Å². The monoisotopic (exact) mass is 429 g/mol. The van der Waals surface area contributed by atoms with Gasteiger partial charge in [-0.05, 0) is 31.2 Å². The van der Waals surface area contributed by atoms with E-state index in [1.807, 2.05) is 17.9 Å². The molecule has 2 unspecified atom stereocenters. The van der Waals surface area contributed by atoms with Crippen LogP contribution in [0, 0.1) is 18.8 Å². The lowest BCUT2D eigenvalue weighted by molar-refractivity contribution is 0.0782. The summed E-state index contributed by atoms with van der Waals surface area (Å²) in [5.41, 5.74) is 2.66. The molecule has 3 aromatic heterocycles. The topological polar surface area (TPSA) is 91.5 Å². The Balaban J connectivity index is 1.21. The number of hydrogen-bond donors (Lipinski definition) is 1. The van der Waals surface area contributed by atoms with E-state index in [0.717, 1.165) is 26.2 Å². The van der Waals surface area contributed by atoms with Gasteiger partial charge in [0.2, 0.25) is 5.95 Å². The molecule has 2 atom stereocenters. The molecule has 2 aliphatic heterocycles. The first-order valence-electron chi connectivity index (χ1n) is 10.8. The number of carbonyl (C=O) groups is 1. The SMILES string of the molecule is Cc1c(C(=O)N2CC3CN(c4ccccc4)CC3C2)cnn1-c1nn2cccc2c(=O)[nH]1. The molecular formula is C23H23N7O2. The molecule has 0 saturated carbocycles. The Hall–Kier alpha value is -3.88. The van der Waals surface area contributed by atoms with E-state index in [0.29, 0.717) is 28.6 Å². The van der Waals surface area contributed by atoms with Crippen LogP contribution >= 0.6 is 0 Å². The maximum atomic E-state index is 13.3. The van der Waals surface area contributed by atoms with Crippen LogP contribution in [-0.4, -0.2) is 61.4 Å². The Bertz CT molecular complexity index is 1360. The number of nitrogens with one attached hydrogen (secondary N) is 1. The molecule has 162 valence electrons. The predicted octanol–water partition coefficient (Wildman–Crippen LogP) is 1.73. The molecule has 2 aliphatic rings. The van der Waals surface area contributed by atoms with Gasteiger partial charge in [0.05, 0.1) is 17.5 Å². The van der Waals surface area contributed by atoms with E-state index < -0.39 is 0 Å². The molecule has 1 aromatic carbocycles. The molecule has 0 bridgehead atoms. The average molecular weight is 429 g/mol. The first-order chi connectivity index (χ1) is 15.6. The molecule has 0 radical (unpaired) electrons. The first-order valence-corrected chi connectivity index (χ1v) is 10.8. The molecular weight excluding hydrogens is 406 g/mol. The van der Waals surface area contributed by atoms with Gasteiger partial charge in [-0.25, -0.2) is 9.20 Å². The highest BCUT2D eigenvalue weighted by molar-refractivity contribution is 5.95. The van der Waals surface area contributed by atoms with Crippen LogP contribution in [0.1, 0.15) is 16.1 Å². The highest BCUT2D eigenvalue weighted by Gasteiger charge is 2.42. The van der Waals surface area contributed by atoms with Gasteiger partial charge in [0.15, 0.2) is 0 Å². The van der Waals surface area contributed by atoms with Gasteiger partial charge in [0.25, 0.3) is 11.5 Å². The lowest BCUT2D eigenvalue weighted by atomic mass is 10.0. The molecule has 2 saturated heterocycles. The third-order valence-electron chi connectivity index (χ3n) is 6.72. The fraction of sp³-hybridized carbons (Fsp3) is 0.304. The maximum absolute atomic E-state index is 13.3. The van der Waals surface area contributed by atoms with Crippen molar-refractivity contribution >= 4 is 17.1 Å². The highest BCUT2D eigenvalue weighted by Crippen LogP contribution is 2.34. The number of H-pyrrole nitrogens is 1. The highest BCUT2D eigenvalue weighted by atomic mass is 16.2. The molecule has 0 spiro atoms. The third kappa shape index (κ3) is 2.92. The summed E-state index contributed by atoms with van der Waals surface area (Å²) in [6, 6.07) is 13.9. The van der Waals surface area contributed by atoms with Gasteiger partial charge in [-0.2, -0.15) is 5.10 Å². The van der Waals surface area contributed by atoms with Gasteiger partial charge in [0, 0.05) is 49.9 Å². The number of likely N-dealkylation sites (tertiary alicyclic amines) is 1. The standard InChI is InChI=1S/C23H23N7O2/c1-15-19(10-24-30(15)23-25-21(31)20-8-5-9-29(20)26-23)22(32)28-13-16-11-27(12-17(16)14-28)18-6-3-2-4-7-18/h2-10,16-17H,11-14H2,1H3,(H,25,26,31). The van der Waals surface area contributed by atoms with Crippen LogP contribution in [0.2, 0.25) is 0 Å². The number of anilines is 1. The lowest BCUT2D eigenvalue weighted by Gasteiger charge is -2.23. The number of aromatic nitrogens is 5. The molecule has 0 aliphatic carbocycles. The van der Waals surface area contributed by atoms with Crippen molar-refractivity contribution < 1.29 is 4.79 Å². The minimum Gasteiger partial charge on any atom is -0.371 e. The van der Waals surface area contributed by atoms with Gasteiger partial charge >= 0.3 is 0 Å². The van der Waals surface area contributed by atoms with Crippen molar-refractivity contribution in [2.75, 3.05) is 31.1 Å². The van der Waals surface area contributed by atoms with E-state index in [2.05, 4.69) is 44.3 Å². The van der Waals surface area contributed by atoms with E-state index >= 15 is 0 Å². The fourth-order valence-electron chi connectivity index (χ4n) is 5.04. The largest absolute Gasteiger partial charge is 0.371 e. The summed E-state index contributed by atoms with van der Waals surface area (Å²) >= 11 is 0. The molecule has 5 heterocycles. The Morgan fingerprint density at radius 1 is 1.03 bits per heavy atom. The van der Waals surface area contributed by atoms with Crippen molar-refractivity contribution in [2.24, 2.45) is 11.8 Å². The predicted molar refractivity (Wildman–Crippen MR) is 119 cm³/mol. The summed E-state index contributed by atoms with van der Waals surface area (Å²) < 4.78 is 3.03. The van der Waals surface area contributed by atoms with Crippen molar-refractivity contribution in [1.82, 2.24) is 29.3 Å². The van der Waals surface area contributed by atoms with Crippen LogP contribution in [0.25, 0.3) is 11.5 Å². The molecule has 32 heavy (non-hydrogen) atoms. The number of amides is 1. The van der Waals surface area contributed by atoms with Crippen molar-refractivity contribution in [3.63, 3.8) is 0 Å². The summed E-state index contributed by atoms with van der Waals surface area (Å²) in [5.74, 6) is 1.22. The normalized spacial score (nSPS) is 20.3. The Morgan fingerprint density at radius 2 is 1.78 bits per heavy atom. The molecule has 1 amide bonds. The van der Waals surface area contributed by atoms with Crippen LogP contribution < -0.4 is 10.5 Å². The van der Waals surface area contributed by atoms with Crippen LogP contribution in [-0.2, 0) is 0 Å². The molecule has 4 aromatic rings. The van der Waals surface area contributed by atoms with Crippen molar-refractivity contribution in [3.8, 4) is 5.95 Å². The second kappa shape index (κ2) is 7.08. The van der Waals surface area contributed by atoms with Crippen LogP contribution in [0.4, 0.5) is 5.69 Å². The van der Waals surface area contributed by atoms with Crippen LogP contribution in [0.3, 0.4) is 0 Å². The third-order valence-corrected chi connectivity index (χ3v) is 6.72. The van der Waals surface area contributed by atoms with Gasteiger partial charge in [-0.3, -0.25) is 14.6 Å². The van der Waals surface area contributed by atoms with E-state index in [9.17, 15) is 9.59 Å². The first kappa shape index (κ1) is 18.9. The molecule has 9 heteroatoms. The van der Waals surface area contributed by atoms with Crippen molar-refractivity contribution in [1.29, 1.82) is 0 Å². The van der Waals surface area contributed by atoms with Gasteiger partial charge in [0.1, 0.15) is 5.52 Å². The quantitative estimate of drug-likeness (QED) is 0.536. The van der Waals surface area contributed by atoms with E-state index in [4.69, 9.17) is 0 Å². The summed E-state index contributed by atoms with van der Waals surface area (Å²) in [5, 5.41) is 8.76. The minimum absolute atomic E-state index is 0.0150. The zero-order chi connectivity index (χ0) is 21.8. The van der Waals surface area contributed by atoms with Crippen molar-refractivity contribution in [3.05, 3.63) is 76.5 Å².